The molecule has 1 aromatic carbocycles. The van der Waals surface area contributed by atoms with Gasteiger partial charge in [0.1, 0.15) is 0 Å². The van der Waals surface area contributed by atoms with Gasteiger partial charge in [-0.2, -0.15) is 0 Å². The first-order chi connectivity index (χ1) is 13.5. The fourth-order valence-electron chi connectivity index (χ4n) is 4.11. The minimum absolute atomic E-state index is 0.0737. The van der Waals surface area contributed by atoms with Crippen LogP contribution in [0.25, 0.3) is 0 Å². The third-order valence-corrected chi connectivity index (χ3v) is 5.82. The van der Waals surface area contributed by atoms with Gasteiger partial charge in [0.05, 0.1) is 6.04 Å². The second-order valence-electron chi connectivity index (χ2n) is 7.84. The van der Waals surface area contributed by atoms with E-state index in [-0.39, 0.29) is 6.04 Å². The smallest absolute Gasteiger partial charge is 0.309 e. The number of rotatable bonds is 5. The van der Waals surface area contributed by atoms with Gasteiger partial charge in [0.25, 0.3) is 0 Å². The molecule has 1 saturated heterocycles. The molecule has 3 rings (SSSR count). The Labute approximate surface area is 168 Å². The number of carbonyl (C=O) groups excluding carboxylic acids is 2. The van der Waals surface area contributed by atoms with Gasteiger partial charge in [-0.3, -0.25) is 14.5 Å². The van der Waals surface area contributed by atoms with Gasteiger partial charge in [0, 0.05) is 58.5 Å². The van der Waals surface area contributed by atoms with Crippen LogP contribution < -0.4 is 15.5 Å². The molecule has 1 atom stereocenters. The molecule has 2 aliphatic heterocycles. The molecule has 1 unspecified atom stereocenters. The van der Waals surface area contributed by atoms with Crippen LogP contribution in [-0.2, 0) is 16.0 Å². The van der Waals surface area contributed by atoms with Gasteiger partial charge in [0.2, 0.25) is 0 Å². The summed E-state index contributed by atoms with van der Waals surface area (Å²) in [5.41, 5.74) is 3.90. The third kappa shape index (κ3) is 4.83. The van der Waals surface area contributed by atoms with Crippen LogP contribution in [0.5, 0.6) is 0 Å². The predicted octanol–water partition coefficient (Wildman–Crippen LogP) is 0.610. The van der Waals surface area contributed by atoms with Crippen LogP contribution in [-0.4, -0.2) is 81.5 Å². The highest BCUT2D eigenvalue weighted by molar-refractivity contribution is 6.35. The molecule has 1 fully saturated rings. The van der Waals surface area contributed by atoms with Crippen molar-refractivity contribution in [2.45, 2.75) is 25.8 Å². The normalized spacial score (nSPS) is 19.0. The highest BCUT2D eigenvalue weighted by Crippen LogP contribution is 2.31. The van der Waals surface area contributed by atoms with Crippen molar-refractivity contribution in [3.05, 3.63) is 29.3 Å². The van der Waals surface area contributed by atoms with Gasteiger partial charge in [-0.1, -0.05) is 12.1 Å². The van der Waals surface area contributed by atoms with Crippen LogP contribution in [0.4, 0.5) is 5.69 Å². The van der Waals surface area contributed by atoms with Crippen LogP contribution in [0.2, 0.25) is 0 Å². The van der Waals surface area contributed by atoms with Crippen LogP contribution in [0.15, 0.2) is 18.2 Å². The number of carbonyl (C=O) groups is 2. The Morgan fingerprint density at radius 1 is 1.04 bits per heavy atom. The molecule has 0 radical (unpaired) electrons. The quantitative estimate of drug-likeness (QED) is 0.725. The third-order valence-electron chi connectivity index (χ3n) is 5.82. The molecule has 2 aliphatic rings. The van der Waals surface area contributed by atoms with E-state index in [0.717, 1.165) is 39.1 Å². The number of aryl methyl sites for hydroxylation is 1. The Morgan fingerprint density at radius 3 is 2.46 bits per heavy atom. The summed E-state index contributed by atoms with van der Waals surface area (Å²) in [6.07, 6.45) is 2.26. The lowest BCUT2D eigenvalue weighted by molar-refractivity contribution is -0.139. The fourth-order valence-corrected chi connectivity index (χ4v) is 4.11. The maximum absolute atomic E-state index is 12.1. The van der Waals surface area contributed by atoms with Crippen molar-refractivity contribution in [1.82, 2.24) is 20.4 Å². The van der Waals surface area contributed by atoms with E-state index in [2.05, 4.69) is 57.6 Å². The fraction of sp³-hybridized carbons (Fsp3) is 0.619. The van der Waals surface area contributed by atoms with Crippen LogP contribution in [0.3, 0.4) is 0 Å². The van der Waals surface area contributed by atoms with E-state index < -0.39 is 11.8 Å². The summed E-state index contributed by atoms with van der Waals surface area (Å²) in [5.74, 6) is -1.12. The molecule has 0 aliphatic carbocycles. The number of hydrogen-bond acceptors (Lipinski definition) is 5. The summed E-state index contributed by atoms with van der Waals surface area (Å²) in [6, 6.07) is 6.76. The first kappa shape index (κ1) is 20.6. The first-order valence-electron chi connectivity index (χ1n) is 10.3. The standard InChI is InChI=1S/C21H33N5O2/c1-4-22-20(27)21(28)23-15-19(26-12-10-24(2)11-13-26)17-7-8-18-16(14-17)6-5-9-25(18)3/h7-8,14,19H,4-6,9-13,15H2,1-3H3,(H,22,27)(H,23,28). The molecule has 1 aromatic rings. The van der Waals surface area contributed by atoms with Crippen molar-refractivity contribution in [1.29, 1.82) is 0 Å². The van der Waals surface area contributed by atoms with Gasteiger partial charge in [-0.05, 0) is 44.0 Å². The minimum Gasteiger partial charge on any atom is -0.374 e. The Balaban J connectivity index is 1.78. The van der Waals surface area contributed by atoms with E-state index in [9.17, 15) is 9.59 Å². The van der Waals surface area contributed by atoms with Crippen molar-refractivity contribution in [3.63, 3.8) is 0 Å². The minimum atomic E-state index is -0.563. The molecule has 28 heavy (non-hydrogen) atoms. The first-order valence-corrected chi connectivity index (χ1v) is 10.3. The number of likely N-dealkylation sites (N-methyl/N-ethyl adjacent to an activating group) is 2. The molecule has 2 heterocycles. The molecule has 154 valence electrons. The van der Waals surface area contributed by atoms with Gasteiger partial charge >= 0.3 is 11.8 Å². The zero-order chi connectivity index (χ0) is 20.1. The largest absolute Gasteiger partial charge is 0.374 e. The maximum Gasteiger partial charge on any atom is 0.309 e. The summed E-state index contributed by atoms with van der Waals surface area (Å²) in [7, 11) is 4.28. The van der Waals surface area contributed by atoms with Crippen LogP contribution in [0, 0.1) is 0 Å². The number of hydrogen-bond donors (Lipinski definition) is 2. The zero-order valence-corrected chi connectivity index (χ0v) is 17.3. The molecule has 0 bridgehead atoms. The Morgan fingerprint density at radius 2 is 1.75 bits per heavy atom. The van der Waals surface area contributed by atoms with E-state index >= 15 is 0 Å². The maximum atomic E-state index is 12.1. The van der Waals surface area contributed by atoms with Crippen LogP contribution >= 0.6 is 0 Å². The molecule has 7 heteroatoms. The van der Waals surface area contributed by atoms with Gasteiger partial charge < -0.3 is 20.4 Å². The molecule has 0 saturated carbocycles. The number of piperazine rings is 1. The topological polar surface area (TPSA) is 67.9 Å². The molecule has 7 nitrogen and oxygen atoms in total. The van der Waals surface area contributed by atoms with Crippen molar-refractivity contribution < 1.29 is 9.59 Å². The second kappa shape index (κ2) is 9.39. The van der Waals surface area contributed by atoms with E-state index in [1.165, 1.54) is 23.2 Å². The average Bonchev–Trinajstić information content (AvgIpc) is 2.69. The van der Waals surface area contributed by atoms with Gasteiger partial charge in [0.15, 0.2) is 0 Å². The molecule has 2 N–H and O–H groups in total. The van der Waals surface area contributed by atoms with E-state index in [0.29, 0.717) is 13.1 Å². The number of benzene rings is 1. The lowest BCUT2D eigenvalue weighted by atomic mass is 9.95. The Bertz CT molecular complexity index is 700. The predicted molar refractivity (Wildman–Crippen MR) is 112 cm³/mol. The average molecular weight is 388 g/mol. The number of nitrogens with zero attached hydrogens (tertiary/aromatic N) is 3. The van der Waals surface area contributed by atoms with Crippen molar-refractivity contribution in [3.8, 4) is 0 Å². The molecule has 2 amide bonds. The zero-order valence-electron chi connectivity index (χ0n) is 17.3. The van der Waals surface area contributed by atoms with Crippen molar-refractivity contribution in [2.75, 3.05) is 64.8 Å². The molecule has 0 aromatic heterocycles. The summed E-state index contributed by atoms with van der Waals surface area (Å²) in [6.45, 7) is 7.72. The van der Waals surface area contributed by atoms with Crippen LogP contribution in [0.1, 0.15) is 30.5 Å². The lowest BCUT2D eigenvalue weighted by Gasteiger charge is -2.39. The number of anilines is 1. The van der Waals surface area contributed by atoms with Crippen molar-refractivity contribution in [2.24, 2.45) is 0 Å². The second-order valence-corrected chi connectivity index (χ2v) is 7.84. The van der Waals surface area contributed by atoms with E-state index in [1.54, 1.807) is 0 Å². The summed E-state index contributed by atoms with van der Waals surface area (Å²) < 4.78 is 0. The van der Waals surface area contributed by atoms with Gasteiger partial charge in [-0.15, -0.1) is 0 Å². The number of nitrogens with one attached hydrogen (secondary N) is 2. The summed E-state index contributed by atoms with van der Waals surface area (Å²) in [5, 5.41) is 5.41. The monoisotopic (exact) mass is 387 g/mol. The van der Waals surface area contributed by atoms with Gasteiger partial charge in [-0.25, -0.2) is 0 Å². The molecular weight excluding hydrogens is 354 g/mol. The van der Waals surface area contributed by atoms with Crippen molar-refractivity contribution >= 4 is 17.5 Å². The molecule has 0 spiro atoms. The Kier molecular flexibility index (Phi) is 6.91. The molecular formula is C21H33N5O2. The van der Waals surface area contributed by atoms with E-state index in [1.807, 2.05) is 6.92 Å². The Hall–Kier alpha value is -2.12. The lowest BCUT2D eigenvalue weighted by Crippen LogP contribution is -2.49. The number of amides is 2. The highest BCUT2D eigenvalue weighted by Gasteiger charge is 2.26. The van der Waals surface area contributed by atoms with E-state index in [4.69, 9.17) is 0 Å². The SMILES string of the molecule is CCNC(=O)C(=O)NCC(c1ccc2c(c1)CCCN2C)N1CCN(C)CC1. The number of fused-ring (bicyclic) bond motifs is 1. The summed E-state index contributed by atoms with van der Waals surface area (Å²) >= 11 is 0. The highest BCUT2D eigenvalue weighted by atomic mass is 16.2. The summed E-state index contributed by atoms with van der Waals surface area (Å²) in [4.78, 5) is 31.0.